The van der Waals surface area contributed by atoms with Crippen LogP contribution in [0.15, 0.2) is 24.3 Å². The predicted molar refractivity (Wildman–Crippen MR) is 85.0 cm³/mol. The predicted octanol–water partition coefficient (Wildman–Crippen LogP) is 2.12. The normalized spacial score (nSPS) is 13.8. The summed E-state index contributed by atoms with van der Waals surface area (Å²) in [6, 6.07) is 8.37. The number of carbonyl (C=O) groups excluding carboxylic acids is 2. The van der Waals surface area contributed by atoms with Crippen molar-refractivity contribution in [1.29, 1.82) is 5.26 Å². The van der Waals surface area contributed by atoms with Crippen LogP contribution >= 0.6 is 0 Å². The fourth-order valence-corrected chi connectivity index (χ4v) is 2.10. The van der Waals surface area contributed by atoms with Gasteiger partial charge in [-0.3, -0.25) is 9.59 Å². The first kappa shape index (κ1) is 17.7. The van der Waals surface area contributed by atoms with Crippen molar-refractivity contribution in [2.45, 2.75) is 45.6 Å². The number of hydrogen-bond acceptors (Lipinski definition) is 3. The molecule has 0 radical (unpaired) electrons. The van der Waals surface area contributed by atoms with Gasteiger partial charge in [0.15, 0.2) is 0 Å². The lowest BCUT2D eigenvalue weighted by Crippen LogP contribution is -2.48. The second-order valence-electron chi connectivity index (χ2n) is 6.52. The summed E-state index contributed by atoms with van der Waals surface area (Å²) in [5.74, 6) is -1.34. The zero-order valence-electron chi connectivity index (χ0n) is 13.5. The first-order valence-corrected chi connectivity index (χ1v) is 7.24. The van der Waals surface area contributed by atoms with Gasteiger partial charge in [0.2, 0.25) is 5.91 Å². The average molecular weight is 301 g/mol. The van der Waals surface area contributed by atoms with Crippen LogP contribution in [-0.4, -0.2) is 17.9 Å². The summed E-state index contributed by atoms with van der Waals surface area (Å²) in [5.41, 5.74) is 6.90. The lowest BCUT2D eigenvalue weighted by molar-refractivity contribution is -0.120. The van der Waals surface area contributed by atoms with Crippen LogP contribution in [0.25, 0.3) is 0 Å². The van der Waals surface area contributed by atoms with Crippen molar-refractivity contribution in [2.24, 2.45) is 11.7 Å². The number of carbonyl (C=O) groups is 2. The molecule has 2 amide bonds. The maximum atomic E-state index is 12.2. The van der Waals surface area contributed by atoms with Crippen molar-refractivity contribution in [3.63, 3.8) is 0 Å². The molecular weight excluding hydrogens is 278 g/mol. The van der Waals surface area contributed by atoms with E-state index in [1.807, 2.05) is 18.2 Å². The topological polar surface area (TPSA) is 96.0 Å². The molecule has 0 bridgehead atoms. The number of nitrogens with one attached hydrogen (secondary N) is 1. The summed E-state index contributed by atoms with van der Waals surface area (Å²) in [4.78, 5) is 23.7. The smallest absolute Gasteiger partial charge is 0.251 e. The number of nitrogens with two attached hydrogens (primary N) is 1. The van der Waals surface area contributed by atoms with E-state index in [0.717, 1.165) is 5.56 Å². The van der Waals surface area contributed by atoms with Crippen LogP contribution in [0, 0.1) is 17.2 Å². The van der Waals surface area contributed by atoms with E-state index >= 15 is 0 Å². The molecule has 0 heterocycles. The van der Waals surface area contributed by atoms with Crippen LogP contribution in [0.3, 0.4) is 0 Å². The van der Waals surface area contributed by atoms with Gasteiger partial charge < -0.3 is 11.1 Å². The van der Waals surface area contributed by atoms with E-state index in [1.165, 1.54) is 0 Å². The van der Waals surface area contributed by atoms with Gasteiger partial charge in [0.05, 0.1) is 6.07 Å². The molecule has 0 saturated carbocycles. The van der Waals surface area contributed by atoms with E-state index in [4.69, 9.17) is 11.0 Å². The number of primary amides is 1. The second kappa shape index (κ2) is 7.08. The Morgan fingerprint density at radius 3 is 2.23 bits per heavy atom. The van der Waals surface area contributed by atoms with E-state index in [1.54, 1.807) is 19.1 Å². The summed E-state index contributed by atoms with van der Waals surface area (Å²) in [5, 5.41) is 11.3. The van der Waals surface area contributed by atoms with E-state index in [2.05, 4.69) is 26.1 Å². The summed E-state index contributed by atoms with van der Waals surface area (Å²) in [6.45, 7) is 7.99. The van der Waals surface area contributed by atoms with Crippen LogP contribution in [0.2, 0.25) is 0 Å². The molecule has 22 heavy (non-hydrogen) atoms. The maximum absolute atomic E-state index is 12.2. The molecule has 5 heteroatoms. The van der Waals surface area contributed by atoms with Gasteiger partial charge in [-0.05, 0) is 29.0 Å². The Labute approximate surface area is 131 Å². The molecule has 0 fully saturated rings. The third-order valence-corrected chi connectivity index (χ3v) is 3.59. The van der Waals surface area contributed by atoms with Crippen LogP contribution in [-0.2, 0) is 10.2 Å². The Morgan fingerprint density at radius 2 is 1.82 bits per heavy atom. The summed E-state index contributed by atoms with van der Waals surface area (Å²) in [7, 11) is 0. The highest BCUT2D eigenvalue weighted by Gasteiger charge is 2.25. The highest BCUT2D eigenvalue weighted by molar-refractivity contribution is 5.97. The Morgan fingerprint density at radius 1 is 1.27 bits per heavy atom. The molecule has 0 unspecified atom stereocenters. The van der Waals surface area contributed by atoms with Gasteiger partial charge in [0.25, 0.3) is 5.91 Å². The third kappa shape index (κ3) is 4.59. The van der Waals surface area contributed by atoms with Crippen LogP contribution in [0.4, 0.5) is 0 Å². The minimum atomic E-state index is -0.852. The quantitative estimate of drug-likeness (QED) is 0.871. The van der Waals surface area contributed by atoms with E-state index in [0.29, 0.717) is 5.56 Å². The lowest BCUT2D eigenvalue weighted by Gasteiger charge is -2.21. The number of hydrogen-bond donors (Lipinski definition) is 2. The second-order valence-corrected chi connectivity index (χ2v) is 6.52. The first-order valence-electron chi connectivity index (χ1n) is 7.24. The minimum absolute atomic E-state index is 0.00603. The van der Waals surface area contributed by atoms with E-state index in [9.17, 15) is 9.59 Å². The van der Waals surface area contributed by atoms with Crippen molar-refractivity contribution in [3.05, 3.63) is 35.4 Å². The fourth-order valence-electron chi connectivity index (χ4n) is 2.10. The van der Waals surface area contributed by atoms with E-state index < -0.39 is 11.9 Å². The van der Waals surface area contributed by atoms with Crippen molar-refractivity contribution in [3.8, 4) is 6.07 Å². The zero-order valence-corrected chi connectivity index (χ0v) is 13.5. The Balaban J connectivity index is 2.87. The highest BCUT2D eigenvalue weighted by atomic mass is 16.2. The Kier molecular flexibility index (Phi) is 5.69. The molecule has 0 aliphatic carbocycles. The van der Waals surface area contributed by atoms with Gasteiger partial charge in [0.1, 0.15) is 6.04 Å². The number of amides is 2. The molecule has 0 spiro atoms. The number of nitrogens with zero attached hydrogens (tertiary/aromatic N) is 1. The van der Waals surface area contributed by atoms with Crippen LogP contribution < -0.4 is 11.1 Å². The SMILES string of the molecule is C[C@@H](CC#N)[C@@H](NC(=O)c1ccc(C(C)(C)C)cc1)C(N)=O. The lowest BCUT2D eigenvalue weighted by atomic mass is 9.86. The number of nitriles is 1. The Hall–Kier alpha value is -2.35. The number of rotatable bonds is 5. The molecule has 1 rings (SSSR count). The van der Waals surface area contributed by atoms with Gasteiger partial charge >= 0.3 is 0 Å². The monoisotopic (exact) mass is 301 g/mol. The third-order valence-electron chi connectivity index (χ3n) is 3.59. The molecule has 5 nitrogen and oxygen atoms in total. The highest BCUT2D eigenvalue weighted by Crippen LogP contribution is 2.22. The summed E-state index contributed by atoms with van der Waals surface area (Å²) >= 11 is 0. The van der Waals surface area contributed by atoms with Crippen LogP contribution in [0.5, 0.6) is 0 Å². The molecule has 1 aromatic rings. The molecular formula is C17H23N3O2. The average Bonchev–Trinajstić information content (AvgIpc) is 2.43. The molecule has 0 aliphatic heterocycles. The van der Waals surface area contributed by atoms with Crippen molar-refractivity contribution in [1.82, 2.24) is 5.32 Å². The van der Waals surface area contributed by atoms with Crippen molar-refractivity contribution in [2.75, 3.05) is 0 Å². The fraction of sp³-hybridized carbons (Fsp3) is 0.471. The standard InChI is InChI=1S/C17H23N3O2/c1-11(9-10-18)14(15(19)21)20-16(22)12-5-7-13(8-6-12)17(2,3)4/h5-8,11,14H,9H2,1-4H3,(H2,19,21)(H,20,22)/t11-,14+/m0/s1. The minimum Gasteiger partial charge on any atom is -0.368 e. The van der Waals surface area contributed by atoms with Gasteiger partial charge in [-0.1, -0.05) is 39.8 Å². The van der Waals surface area contributed by atoms with Gasteiger partial charge in [-0.15, -0.1) is 0 Å². The van der Waals surface area contributed by atoms with Gasteiger partial charge in [-0.25, -0.2) is 0 Å². The molecule has 3 N–H and O–H groups in total. The summed E-state index contributed by atoms with van der Waals surface area (Å²) < 4.78 is 0. The largest absolute Gasteiger partial charge is 0.368 e. The molecule has 0 saturated heterocycles. The number of benzene rings is 1. The van der Waals surface area contributed by atoms with Gasteiger partial charge in [0, 0.05) is 12.0 Å². The first-order chi connectivity index (χ1) is 10.2. The Bertz CT molecular complexity index is 579. The molecule has 2 atom stereocenters. The van der Waals surface area contributed by atoms with Crippen molar-refractivity contribution >= 4 is 11.8 Å². The molecule has 118 valence electrons. The van der Waals surface area contributed by atoms with Crippen LogP contribution in [0.1, 0.15) is 50.0 Å². The molecule has 0 aliphatic rings. The van der Waals surface area contributed by atoms with Gasteiger partial charge in [-0.2, -0.15) is 5.26 Å². The summed E-state index contributed by atoms with van der Waals surface area (Å²) in [6.07, 6.45) is 0.150. The molecule has 0 aromatic heterocycles. The van der Waals surface area contributed by atoms with Crippen molar-refractivity contribution < 1.29 is 9.59 Å². The maximum Gasteiger partial charge on any atom is 0.251 e. The van der Waals surface area contributed by atoms with E-state index in [-0.39, 0.29) is 23.7 Å². The zero-order chi connectivity index (χ0) is 16.9. The molecule has 1 aromatic carbocycles.